The van der Waals surface area contributed by atoms with E-state index in [9.17, 15) is 4.79 Å². The Morgan fingerprint density at radius 2 is 2.03 bits per heavy atom. The van der Waals surface area contributed by atoms with E-state index in [2.05, 4.69) is 10.3 Å². The van der Waals surface area contributed by atoms with Crippen LogP contribution >= 0.6 is 11.6 Å². The van der Waals surface area contributed by atoms with Gasteiger partial charge in [0.1, 0.15) is 11.3 Å². The summed E-state index contributed by atoms with van der Waals surface area (Å²) >= 11 is 6.06. The van der Waals surface area contributed by atoms with Crippen LogP contribution in [0.2, 0.25) is 5.02 Å². The number of hydrogen-bond donors (Lipinski definition) is 1. The molecular formula is C27H25ClN2O3. The normalized spacial score (nSPS) is 11.6. The first-order valence-electron chi connectivity index (χ1n) is 10.8. The summed E-state index contributed by atoms with van der Waals surface area (Å²) in [7, 11) is 0. The van der Waals surface area contributed by atoms with Gasteiger partial charge in [-0.05, 0) is 61.7 Å². The Balaban J connectivity index is 1.72. The average molecular weight is 461 g/mol. The maximum atomic E-state index is 12.6. The van der Waals surface area contributed by atoms with E-state index < -0.39 is 0 Å². The first-order chi connectivity index (χ1) is 16.0. The van der Waals surface area contributed by atoms with Gasteiger partial charge in [0.05, 0.1) is 12.9 Å². The van der Waals surface area contributed by atoms with Crippen LogP contribution in [0.4, 0.5) is 0 Å². The van der Waals surface area contributed by atoms with Crippen LogP contribution in [0.15, 0.2) is 71.6 Å². The van der Waals surface area contributed by atoms with Gasteiger partial charge in [-0.2, -0.15) is 0 Å². The molecule has 2 aromatic carbocycles. The van der Waals surface area contributed by atoms with E-state index in [-0.39, 0.29) is 5.91 Å². The predicted molar refractivity (Wildman–Crippen MR) is 132 cm³/mol. The Morgan fingerprint density at radius 3 is 2.73 bits per heavy atom. The van der Waals surface area contributed by atoms with Gasteiger partial charge in [0.25, 0.3) is 0 Å². The third kappa shape index (κ3) is 4.94. The standard InChI is InChI=1S/C27H25ClN2O3/c1-4-32-26-18(3)27-23(24(16-33-27)20-7-9-21(28)10-8-20)13-22(26)17(2)12-25(31)30-15-19-6-5-11-29-14-19/h5-14,16H,4,15H2,1-3H3,(H,30,31)/b17-12+. The van der Waals surface area contributed by atoms with Gasteiger partial charge in [-0.25, -0.2) is 0 Å². The van der Waals surface area contributed by atoms with Gasteiger partial charge in [-0.15, -0.1) is 0 Å². The van der Waals surface area contributed by atoms with Crippen LogP contribution < -0.4 is 10.1 Å². The number of fused-ring (bicyclic) bond motifs is 1. The highest BCUT2D eigenvalue weighted by molar-refractivity contribution is 6.30. The molecule has 0 aliphatic heterocycles. The fourth-order valence-electron chi connectivity index (χ4n) is 3.81. The van der Waals surface area contributed by atoms with Crippen molar-refractivity contribution in [1.29, 1.82) is 0 Å². The topological polar surface area (TPSA) is 64.4 Å². The molecule has 4 aromatic rings. The van der Waals surface area contributed by atoms with E-state index in [0.717, 1.165) is 50.1 Å². The van der Waals surface area contributed by atoms with Crippen molar-refractivity contribution in [3.63, 3.8) is 0 Å². The lowest BCUT2D eigenvalue weighted by Gasteiger charge is -2.15. The highest BCUT2D eigenvalue weighted by Gasteiger charge is 2.19. The van der Waals surface area contributed by atoms with Crippen molar-refractivity contribution in [3.05, 3.63) is 88.9 Å². The number of hydrogen-bond acceptors (Lipinski definition) is 4. The Morgan fingerprint density at radius 1 is 1.24 bits per heavy atom. The number of rotatable bonds is 7. The average Bonchev–Trinajstić information content (AvgIpc) is 3.25. The van der Waals surface area contributed by atoms with Crippen LogP contribution in [0.5, 0.6) is 5.75 Å². The number of carbonyl (C=O) groups is 1. The summed E-state index contributed by atoms with van der Waals surface area (Å²) in [6.07, 6.45) is 6.79. The van der Waals surface area contributed by atoms with Gasteiger partial charge < -0.3 is 14.5 Å². The zero-order chi connectivity index (χ0) is 23.4. The highest BCUT2D eigenvalue weighted by atomic mass is 35.5. The summed E-state index contributed by atoms with van der Waals surface area (Å²) in [6, 6.07) is 13.4. The fraction of sp³-hybridized carbons (Fsp3) is 0.185. The molecule has 168 valence electrons. The monoisotopic (exact) mass is 460 g/mol. The van der Waals surface area contributed by atoms with E-state index in [1.54, 1.807) is 24.7 Å². The van der Waals surface area contributed by atoms with Crippen molar-refractivity contribution < 1.29 is 13.9 Å². The molecule has 33 heavy (non-hydrogen) atoms. The highest BCUT2D eigenvalue weighted by Crippen LogP contribution is 2.40. The zero-order valence-corrected chi connectivity index (χ0v) is 19.6. The largest absolute Gasteiger partial charge is 0.493 e. The second-order valence-electron chi connectivity index (χ2n) is 7.75. The number of furan rings is 1. The molecule has 0 saturated heterocycles. The second kappa shape index (κ2) is 9.92. The van der Waals surface area contributed by atoms with Gasteiger partial charge in [0.2, 0.25) is 5.91 Å². The van der Waals surface area contributed by atoms with Crippen LogP contribution in [0.25, 0.3) is 27.7 Å². The Hall–Kier alpha value is -3.57. The molecule has 2 heterocycles. The summed E-state index contributed by atoms with van der Waals surface area (Å²) < 4.78 is 11.9. The molecule has 2 aromatic heterocycles. The van der Waals surface area contributed by atoms with Crippen molar-refractivity contribution in [2.75, 3.05) is 6.61 Å². The maximum Gasteiger partial charge on any atom is 0.244 e. The van der Waals surface area contributed by atoms with E-state index in [0.29, 0.717) is 18.2 Å². The Bertz CT molecular complexity index is 1310. The predicted octanol–water partition coefficient (Wildman–Crippen LogP) is 6.58. The summed E-state index contributed by atoms with van der Waals surface area (Å²) in [6.45, 7) is 6.74. The number of benzene rings is 2. The van der Waals surface area contributed by atoms with E-state index in [1.807, 2.05) is 63.2 Å². The number of pyridine rings is 1. The molecule has 1 amide bonds. The first kappa shape index (κ1) is 22.6. The lowest BCUT2D eigenvalue weighted by Crippen LogP contribution is -2.20. The molecule has 0 radical (unpaired) electrons. The van der Waals surface area contributed by atoms with Gasteiger partial charge in [-0.1, -0.05) is 29.8 Å². The molecule has 0 aliphatic carbocycles. The molecule has 6 heteroatoms. The molecule has 0 unspecified atom stereocenters. The fourth-order valence-corrected chi connectivity index (χ4v) is 3.94. The quantitative estimate of drug-likeness (QED) is 0.316. The number of aryl methyl sites for hydroxylation is 1. The molecule has 1 N–H and O–H groups in total. The lowest BCUT2D eigenvalue weighted by molar-refractivity contribution is -0.116. The van der Waals surface area contributed by atoms with Crippen LogP contribution in [-0.4, -0.2) is 17.5 Å². The van der Waals surface area contributed by atoms with Gasteiger partial charge in [-0.3, -0.25) is 9.78 Å². The van der Waals surface area contributed by atoms with Crippen LogP contribution in [0.1, 0.15) is 30.5 Å². The van der Waals surface area contributed by atoms with Crippen molar-refractivity contribution in [2.45, 2.75) is 27.3 Å². The molecule has 0 spiro atoms. The van der Waals surface area contributed by atoms with E-state index >= 15 is 0 Å². The molecule has 0 saturated carbocycles. The first-order valence-corrected chi connectivity index (χ1v) is 11.1. The van der Waals surface area contributed by atoms with Crippen molar-refractivity contribution in [1.82, 2.24) is 10.3 Å². The summed E-state index contributed by atoms with van der Waals surface area (Å²) in [5.74, 6) is 0.539. The van der Waals surface area contributed by atoms with Crippen molar-refractivity contribution in [3.8, 4) is 16.9 Å². The van der Waals surface area contributed by atoms with Crippen LogP contribution in [0, 0.1) is 6.92 Å². The maximum absolute atomic E-state index is 12.6. The summed E-state index contributed by atoms with van der Waals surface area (Å²) in [4.78, 5) is 16.7. The summed E-state index contributed by atoms with van der Waals surface area (Å²) in [5, 5.41) is 4.55. The van der Waals surface area contributed by atoms with Crippen LogP contribution in [-0.2, 0) is 11.3 Å². The SMILES string of the molecule is CCOc1c(/C(C)=C/C(=O)NCc2cccnc2)cc2c(-c3ccc(Cl)cc3)coc2c1C. The Labute approximate surface area is 198 Å². The molecule has 5 nitrogen and oxygen atoms in total. The Kier molecular flexibility index (Phi) is 6.80. The number of ether oxygens (including phenoxy) is 1. The van der Waals surface area contributed by atoms with Gasteiger partial charge in [0.15, 0.2) is 0 Å². The molecular weight excluding hydrogens is 436 g/mol. The molecule has 0 fully saturated rings. The smallest absolute Gasteiger partial charge is 0.244 e. The third-order valence-corrected chi connectivity index (χ3v) is 5.70. The molecule has 0 bridgehead atoms. The molecule has 0 aliphatic rings. The van der Waals surface area contributed by atoms with Gasteiger partial charge in [0, 0.05) is 52.1 Å². The minimum Gasteiger partial charge on any atom is -0.493 e. The van der Waals surface area contributed by atoms with Crippen molar-refractivity contribution in [2.24, 2.45) is 0 Å². The van der Waals surface area contributed by atoms with Crippen molar-refractivity contribution >= 4 is 34.1 Å². The lowest BCUT2D eigenvalue weighted by atomic mass is 9.96. The van der Waals surface area contributed by atoms with E-state index in [1.165, 1.54) is 0 Å². The number of nitrogens with one attached hydrogen (secondary N) is 1. The second-order valence-corrected chi connectivity index (χ2v) is 8.19. The third-order valence-electron chi connectivity index (χ3n) is 5.45. The minimum atomic E-state index is -0.179. The number of carbonyl (C=O) groups excluding carboxylic acids is 1. The number of allylic oxidation sites excluding steroid dienone is 1. The van der Waals surface area contributed by atoms with Crippen LogP contribution in [0.3, 0.4) is 0 Å². The van der Waals surface area contributed by atoms with Gasteiger partial charge >= 0.3 is 0 Å². The zero-order valence-electron chi connectivity index (χ0n) is 18.8. The van der Waals surface area contributed by atoms with E-state index in [4.69, 9.17) is 20.8 Å². The number of amides is 1. The summed E-state index contributed by atoms with van der Waals surface area (Å²) in [5.41, 5.74) is 6.22. The number of aromatic nitrogens is 1. The molecule has 4 rings (SSSR count). The number of nitrogens with zero attached hydrogens (tertiary/aromatic N) is 1. The minimum absolute atomic E-state index is 0.179. The molecule has 0 atom stereocenters. The number of halogens is 1.